The van der Waals surface area contributed by atoms with E-state index in [1.54, 1.807) is 0 Å². The van der Waals surface area contributed by atoms with E-state index in [4.69, 9.17) is 27.9 Å². The van der Waals surface area contributed by atoms with Crippen LogP contribution in [0.1, 0.15) is 10.4 Å². The van der Waals surface area contributed by atoms with Crippen molar-refractivity contribution in [2.45, 2.75) is 0 Å². The maximum absolute atomic E-state index is 11.8. The zero-order valence-corrected chi connectivity index (χ0v) is 13.4. The molecule has 0 saturated carbocycles. The largest absolute Gasteiger partial charge is 0.452 e. The molecule has 1 heterocycles. The highest BCUT2D eigenvalue weighted by Gasteiger charge is 2.15. The number of aromatic nitrogens is 1. The molecule has 10 heteroatoms. The van der Waals surface area contributed by atoms with Gasteiger partial charge in [0.1, 0.15) is 10.2 Å². The lowest BCUT2D eigenvalue weighted by Gasteiger charge is -2.07. The number of carbonyl (C=O) groups excluding carboxylic acids is 2. The number of nitro groups is 1. The summed E-state index contributed by atoms with van der Waals surface area (Å²) in [7, 11) is 0. The van der Waals surface area contributed by atoms with E-state index in [0.717, 1.165) is 6.07 Å². The number of pyridine rings is 1. The van der Waals surface area contributed by atoms with Gasteiger partial charge in [0.25, 0.3) is 11.6 Å². The Morgan fingerprint density at radius 1 is 1.25 bits per heavy atom. The van der Waals surface area contributed by atoms with Crippen molar-refractivity contribution in [2.75, 3.05) is 11.9 Å². The number of anilines is 1. The maximum atomic E-state index is 11.8. The molecule has 0 spiro atoms. The summed E-state index contributed by atoms with van der Waals surface area (Å²) in [5.74, 6) is -1.42. The third-order valence-electron chi connectivity index (χ3n) is 2.72. The zero-order chi connectivity index (χ0) is 17.7. The molecule has 2 rings (SSSR count). The number of ether oxygens (including phenoxy) is 1. The number of benzene rings is 1. The van der Waals surface area contributed by atoms with Crippen molar-refractivity contribution >= 4 is 46.5 Å². The van der Waals surface area contributed by atoms with Crippen molar-refractivity contribution in [3.8, 4) is 0 Å². The summed E-state index contributed by atoms with van der Waals surface area (Å²) in [5, 5.41) is 13.2. The van der Waals surface area contributed by atoms with Gasteiger partial charge in [-0.2, -0.15) is 0 Å². The van der Waals surface area contributed by atoms with Gasteiger partial charge in [-0.1, -0.05) is 23.2 Å². The second-order valence-corrected chi connectivity index (χ2v) is 5.21. The monoisotopic (exact) mass is 369 g/mol. The number of hydrogen-bond donors (Lipinski definition) is 1. The van der Waals surface area contributed by atoms with Crippen molar-refractivity contribution in [2.24, 2.45) is 0 Å². The third-order valence-corrected chi connectivity index (χ3v) is 3.25. The van der Waals surface area contributed by atoms with Gasteiger partial charge < -0.3 is 10.1 Å². The second-order valence-electron chi connectivity index (χ2n) is 4.41. The van der Waals surface area contributed by atoms with E-state index >= 15 is 0 Å². The van der Waals surface area contributed by atoms with Crippen molar-refractivity contribution in [1.29, 1.82) is 0 Å². The minimum Gasteiger partial charge on any atom is -0.452 e. The van der Waals surface area contributed by atoms with Crippen LogP contribution in [-0.4, -0.2) is 28.4 Å². The second kappa shape index (κ2) is 7.71. The van der Waals surface area contributed by atoms with Gasteiger partial charge in [0.15, 0.2) is 6.61 Å². The van der Waals surface area contributed by atoms with Crippen LogP contribution in [0.25, 0.3) is 0 Å². The first kappa shape index (κ1) is 17.6. The highest BCUT2D eigenvalue weighted by Crippen LogP contribution is 2.27. The van der Waals surface area contributed by atoms with E-state index < -0.39 is 23.4 Å². The molecule has 0 radical (unpaired) electrons. The summed E-state index contributed by atoms with van der Waals surface area (Å²) in [6.45, 7) is -0.574. The number of nitrogens with one attached hydrogen (secondary N) is 1. The van der Waals surface area contributed by atoms with Crippen molar-refractivity contribution in [3.05, 3.63) is 62.4 Å². The van der Waals surface area contributed by atoms with E-state index in [-0.39, 0.29) is 27.1 Å². The van der Waals surface area contributed by atoms with Crippen molar-refractivity contribution in [1.82, 2.24) is 4.98 Å². The summed E-state index contributed by atoms with van der Waals surface area (Å²) in [5.41, 5.74) is -0.0538. The fourth-order valence-corrected chi connectivity index (χ4v) is 2.03. The highest BCUT2D eigenvalue weighted by atomic mass is 35.5. The van der Waals surface area contributed by atoms with Gasteiger partial charge in [0.05, 0.1) is 10.5 Å². The minimum atomic E-state index is -0.753. The number of hydrogen-bond acceptors (Lipinski definition) is 6. The molecule has 8 nitrogen and oxygen atoms in total. The Bertz CT molecular complexity index is 813. The Hall–Kier alpha value is -2.71. The van der Waals surface area contributed by atoms with E-state index in [0.29, 0.717) is 0 Å². The molecule has 0 aliphatic carbocycles. The lowest BCUT2D eigenvalue weighted by molar-refractivity contribution is -0.384. The van der Waals surface area contributed by atoms with Gasteiger partial charge in [-0.25, -0.2) is 9.78 Å². The molecular formula is C14H9Cl2N3O5. The fraction of sp³-hybridized carbons (Fsp3) is 0.0714. The molecule has 0 atom stereocenters. The van der Waals surface area contributed by atoms with Crippen molar-refractivity contribution in [3.63, 3.8) is 0 Å². The Labute approximate surface area is 145 Å². The van der Waals surface area contributed by atoms with Gasteiger partial charge in [-0.05, 0) is 24.3 Å². The molecule has 1 aromatic heterocycles. The molecule has 24 heavy (non-hydrogen) atoms. The third kappa shape index (κ3) is 4.64. The van der Waals surface area contributed by atoms with Gasteiger partial charge >= 0.3 is 5.97 Å². The van der Waals surface area contributed by atoms with Gasteiger partial charge in [-0.15, -0.1) is 0 Å². The summed E-state index contributed by atoms with van der Waals surface area (Å²) >= 11 is 11.3. The molecule has 0 aliphatic heterocycles. The molecule has 0 saturated heterocycles. The first-order valence-electron chi connectivity index (χ1n) is 6.39. The lowest BCUT2D eigenvalue weighted by Crippen LogP contribution is -2.21. The van der Waals surface area contributed by atoms with E-state index in [9.17, 15) is 19.7 Å². The molecule has 1 amide bonds. The highest BCUT2D eigenvalue weighted by molar-refractivity contribution is 6.32. The number of nitrogens with zero attached hydrogens (tertiary/aromatic N) is 2. The number of esters is 1. The molecule has 0 aliphatic rings. The molecule has 0 unspecified atom stereocenters. The van der Waals surface area contributed by atoms with Crippen LogP contribution in [0.5, 0.6) is 0 Å². The average molecular weight is 370 g/mol. The Balaban J connectivity index is 1.95. The molecule has 0 fully saturated rings. The predicted octanol–water partition coefficient (Wildman–Crippen LogP) is 3.09. The predicted molar refractivity (Wildman–Crippen MR) is 86.3 cm³/mol. The van der Waals surface area contributed by atoms with Crippen LogP contribution in [-0.2, 0) is 9.53 Å². The topological polar surface area (TPSA) is 111 Å². The van der Waals surface area contributed by atoms with E-state index in [1.165, 1.54) is 30.5 Å². The lowest BCUT2D eigenvalue weighted by atomic mass is 10.2. The van der Waals surface area contributed by atoms with Crippen LogP contribution in [0.3, 0.4) is 0 Å². The average Bonchev–Trinajstić information content (AvgIpc) is 2.54. The Morgan fingerprint density at radius 3 is 2.67 bits per heavy atom. The molecule has 1 N–H and O–H groups in total. The van der Waals surface area contributed by atoms with Crippen molar-refractivity contribution < 1.29 is 19.2 Å². The molecule has 2 aromatic rings. The summed E-state index contributed by atoms with van der Waals surface area (Å²) < 4.78 is 4.82. The smallest absolute Gasteiger partial charge is 0.338 e. The number of carbonyl (C=O) groups is 2. The minimum absolute atomic E-state index is 0.0565. The van der Waals surface area contributed by atoms with Crippen LogP contribution in [0.4, 0.5) is 11.4 Å². The quantitative estimate of drug-likeness (QED) is 0.375. The zero-order valence-electron chi connectivity index (χ0n) is 11.9. The van der Waals surface area contributed by atoms with Crippen LogP contribution in [0.2, 0.25) is 10.2 Å². The van der Waals surface area contributed by atoms with Gasteiger partial charge in [-0.3, -0.25) is 14.9 Å². The van der Waals surface area contributed by atoms with Crippen LogP contribution < -0.4 is 5.32 Å². The fourth-order valence-electron chi connectivity index (χ4n) is 1.67. The standard InChI is InChI=1S/C14H9Cl2N3O5/c15-10-2-1-9(6-11(10)19(22)23)18-13(20)7-24-14(21)8-3-4-17-12(16)5-8/h1-6H,7H2,(H,18,20). The van der Waals surface area contributed by atoms with Gasteiger partial charge in [0, 0.05) is 18.0 Å². The number of amides is 1. The van der Waals surface area contributed by atoms with Gasteiger partial charge in [0.2, 0.25) is 0 Å². The Morgan fingerprint density at radius 2 is 2.00 bits per heavy atom. The number of rotatable bonds is 5. The number of halogens is 2. The normalized spacial score (nSPS) is 10.1. The molecule has 1 aromatic carbocycles. The van der Waals surface area contributed by atoms with E-state index in [1.807, 2.05) is 0 Å². The van der Waals surface area contributed by atoms with Crippen LogP contribution in [0, 0.1) is 10.1 Å². The summed E-state index contributed by atoms with van der Waals surface area (Å²) in [6.07, 6.45) is 1.33. The summed E-state index contributed by atoms with van der Waals surface area (Å²) in [6, 6.07) is 6.45. The van der Waals surface area contributed by atoms with Crippen LogP contribution in [0.15, 0.2) is 36.5 Å². The summed E-state index contributed by atoms with van der Waals surface area (Å²) in [4.78, 5) is 37.3. The first-order valence-corrected chi connectivity index (χ1v) is 7.15. The van der Waals surface area contributed by atoms with Crippen LogP contribution >= 0.6 is 23.2 Å². The number of nitro benzene ring substituents is 1. The molecule has 124 valence electrons. The first-order chi connectivity index (χ1) is 11.4. The molecular weight excluding hydrogens is 361 g/mol. The Kier molecular flexibility index (Phi) is 5.67. The SMILES string of the molecule is O=C(COC(=O)c1ccnc(Cl)c1)Nc1ccc(Cl)c([N+](=O)[O-])c1. The molecule has 0 bridgehead atoms. The van der Waals surface area contributed by atoms with E-state index in [2.05, 4.69) is 10.3 Å². The maximum Gasteiger partial charge on any atom is 0.338 e.